The maximum absolute atomic E-state index is 11.0. The van der Waals surface area contributed by atoms with E-state index in [2.05, 4.69) is 0 Å². The lowest BCUT2D eigenvalue weighted by atomic mass is 10.2. The molecule has 0 N–H and O–H groups in total. The fourth-order valence-corrected chi connectivity index (χ4v) is 2.92. The van der Waals surface area contributed by atoms with Gasteiger partial charge in [-0.25, -0.2) is 0 Å². The Bertz CT molecular complexity index is 383. The highest BCUT2D eigenvalue weighted by atomic mass is 32.1. The standard InChI is InChI=1S/C11H10O2S2/c1-8(12)13-11(9-4-2-6-14-9)10-5-3-7-15-10/h2-7,11H,1H3. The van der Waals surface area contributed by atoms with Crippen molar-refractivity contribution < 1.29 is 9.53 Å². The summed E-state index contributed by atoms with van der Waals surface area (Å²) in [5.41, 5.74) is 0. The zero-order valence-electron chi connectivity index (χ0n) is 8.17. The first kappa shape index (κ1) is 10.4. The van der Waals surface area contributed by atoms with Crippen molar-refractivity contribution in [3.05, 3.63) is 44.8 Å². The molecule has 4 heteroatoms. The number of esters is 1. The van der Waals surface area contributed by atoms with E-state index in [-0.39, 0.29) is 12.1 Å². The lowest BCUT2D eigenvalue weighted by molar-refractivity contribution is -0.144. The Morgan fingerprint density at radius 1 is 1.20 bits per heavy atom. The van der Waals surface area contributed by atoms with Gasteiger partial charge in [0.15, 0.2) is 6.10 Å². The molecule has 0 atom stereocenters. The lowest BCUT2D eigenvalue weighted by Gasteiger charge is -2.13. The quantitative estimate of drug-likeness (QED) is 0.765. The van der Waals surface area contributed by atoms with E-state index < -0.39 is 0 Å². The van der Waals surface area contributed by atoms with Crippen LogP contribution in [-0.4, -0.2) is 5.97 Å². The van der Waals surface area contributed by atoms with Crippen LogP contribution in [0.3, 0.4) is 0 Å². The molecule has 0 radical (unpaired) electrons. The van der Waals surface area contributed by atoms with Gasteiger partial charge in [-0.3, -0.25) is 4.79 Å². The summed E-state index contributed by atoms with van der Waals surface area (Å²) in [5, 5.41) is 3.97. The molecular weight excluding hydrogens is 228 g/mol. The molecule has 0 aliphatic heterocycles. The maximum atomic E-state index is 11.0. The van der Waals surface area contributed by atoms with Gasteiger partial charge in [0, 0.05) is 6.92 Å². The van der Waals surface area contributed by atoms with Crippen LogP contribution in [0, 0.1) is 0 Å². The van der Waals surface area contributed by atoms with Crippen LogP contribution in [0.25, 0.3) is 0 Å². The molecule has 0 spiro atoms. The Labute approximate surface area is 96.1 Å². The number of rotatable bonds is 3. The molecule has 0 amide bonds. The van der Waals surface area contributed by atoms with Crippen LogP contribution in [-0.2, 0) is 9.53 Å². The highest BCUT2D eigenvalue weighted by Gasteiger charge is 2.18. The largest absolute Gasteiger partial charge is 0.451 e. The minimum Gasteiger partial charge on any atom is -0.451 e. The van der Waals surface area contributed by atoms with Crippen molar-refractivity contribution in [3.63, 3.8) is 0 Å². The van der Waals surface area contributed by atoms with E-state index >= 15 is 0 Å². The van der Waals surface area contributed by atoms with Crippen molar-refractivity contribution >= 4 is 28.6 Å². The SMILES string of the molecule is CC(=O)OC(c1cccs1)c1cccs1. The fraction of sp³-hybridized carbons (Fsp3) is 0.182. The lowest BCUT2D eigenvalue weighted by Crippen LogP contribution is -2.07. The molecule has 2 nitrogen and oxygen atoms in total. The summed E-state index contributed by atoms with van der Waals surface area (Å²) < 4.78 is 5.32. The van der Waals surface area contributed by atoms with E-state index in [1.165, 1.54) is 6.92 Å². The zero-order valence-corrected chi connectivity index (χ0v) is 9.81. The molecule has 78 valence electrons. The molecule has 0 saturated carbocycles. The number of carbonyl (C=O) groups is 1. The topological polar surface area (TPSA) is 26.3 Å². The second-order valence-electron chi connectivity index (χ2n) is 3.02. The minimum atomic E-state index is -0.248. The first-order valence-electron chi connectivity index (χ1n) is 4.51. The van der Waals surface area contributed by atoms with Crippen LogP contribution in [0.15, 0.2) is 35.0 Å². The Kier molecular flexibility index (Phi) is 3.18. The van der Waals surface area contributed by atoms with Crippen molar-refractivity contribution in [1.82, 2.24) is 0 Å². The van der Waals surface area contributed by atoms with E-state index in [0.717, 1.165) is 9.75 Å². The average molecular weight is 238 g/mol. The van der Waals surface area contributed by atoms with Gasteiger partial charge < -0.3 is 4.74 Å². The van der Waals surface area contributed by atoms with Gasteiger partial charge in [0.2, 0.25) is 0 Å². The van der Waals surface area contributed by atoms with Gasteiger partial charge in [-0.15, -0.1) is 22.7 Å². The summed E-state index contributed by atoms with van der Waals surface area (Å²) in [4.78, 5) is 13.2. The van der Waals surface area contributed by atoms with Crippen molar-refractivity contribution in [2.75, 3.05) is 0 Å². The highest BCUT2D eigenvalue weighted by molar-refractivity contribution is 7.11. The van der Waals surface area contributed by atoms with Crippen molar-refractivity contribution in [2.45, 2.75) is 13.0 Å². The Morgan fingerprint density at radius 3 is 2.07 bits per heavy atom. The average Bonchev–Trinajstić information content (AvgIpc) is 2.87. The van der Waals surface area contributed by atoms with Gasteiger partial charge in [0.25, 0.3) is 0 Å². The van der Waals surface area contributed by atoms with Crippen molar-refractivity contribution in [2.24, 2.45) is 0 Å². The van der Waals surface area contributed by atoms with Crippen molar-refractivity contribution in [3.8, 4) is 0 Å². The van der Waals surface area contributed by atoms with E-state index in [1.807, 2.05) is 35.0 Å². The number of carbonyl (C=O) groups excluding carboxylic acids is 1. The van der Waals surface area contributed by atoms with Gasteiger partial charge in [-0.05, 0) is 22.9 Å². The summed E-state index contributed by atoms with van der Waals surface area (Å²) in [6, 6.07) is 7.89. The van der Waals surface area contributed by atoms with Gasteiger partial charge in [0.1, 0.15) is 0 Å². The van der Waals surface area contributed by atoms with Crippen LogP contribution < -0.4 is 0 Å². The number of hydrogen-bond acceptors (Lipinski definition) is 4. The minimum absolute atomic E-state index is 0.234. The van der Waals surface area contributed by atoms with Crippen LogP contribution in [0.2, 0.25) is 0 Å². The molecule has 0 aliphatic carbocycles. The van der Waals surface area contributed by atoms with E-state index in [4.69, 9.17) is 4.74 Å². The second kappa shape index (κ2) is 4.59. The predicted molar refractivity (Wildman–Crippen MR) is 62.2 cm³/mol. The van der Waals surface area contributed by atoms with Gasteiger partial charge in [-0.2, -0.15) is 0 Å². The molecule has 0 aliphatic rings. The third kappa shape index (κ3) is 2.46. The third-order valence-electron chi connectivity index (χ3n) is 1.89. The monoisotopic (exact) mass is 238 g/mol. The molecule has 2 rings (SSSR count). The number of ether oxygens (including phenoxy) is 1. The molecule has 0 fully saturated rings. The van der Waals surface area contributed by atoms with Crippen molar-refractivity contribution in [1.29, 1.82) is 0 Å². The maximum Gasteiger partial charge on any atom is 0.303 e. The number of thiophene rings is 2. The fourth-order valence-electron chi connectivity index (χ4n) is 1.30. The normalized spacial score (nSPS) is 10.5. The highest BCUT2D eigenvalue weighted by Crippen LogP contribution is 2.32. The first-order chi connectivity index (χ1) is 7.27. The number of hydrogen-bond donors (Lipinski definition) is 0. The second-order valence-corrected chi connectivity index (χ2v) is 4.98. The Morgan fingerprint density at radius 2 is 1.73 bits per heavy atom. The Balaban J connectivity index is 2.29. The molecule has 0 bridgehead atoms. The van der Waals surface area contributed by atoms with Gasteiger partial charge in [-0.1, -0.05) is 12.1 Å². The van der Waals surface area contributed by atoms with Crippen LogP contribution in [0.4, 0.5) is 0 Å². The van der Waals surface area contributed by atoms with Crippen LogP contribution >= 0.6 is 22.7 Å². The Hall–Kier alpha value is -1.13. The van der Waals surface area contributed by atoms with E-state index in [9.17, 15) is 4.79 Å². The molecular formula is C11H10O2S2. The smallest absolute Gasteiger partial charge is 0.303 e. The summed E-state index contributed by atoms with van der Waals surface area (Å²) in [6.45, 7) is 1.44. The van der Waals surface area contributed by atoms with Crippen LogP contribution in [0.5, 0.6) is 0 Å². The summed E-state index contributed by atoms with van der Waals surface area (Å²) in [5.74, 6) is -0.248. The predicted octanol–water partition coefficient (Wildman–Crippen LogP) is 3.46. The van der Waals surface area contributed by atoms with Gasteiger partial charge in [0.05, 0.1) is 9.75 Å². The zero-order chi connectivity index (χ0) is 10.7. The van der Waals surface area contributed by atoms with E-state index in [0.29, 0.717) is 0 Å². The molecule has 0 saturated heterocycles. The molecule has 0 unspecified atom stereocenters. The molecule has 15 heavy (non-hydrogen) atoms. The first-order valence-corrected chi connectivity index (χ1v) is 6.27. The molecule has 2 aromatic rings. The molecule has 2 heterocycles. The van der Waals surface area contributed by atoms with E-state index in [1.54, 1.807) is 22.7 Å². The summed E-state index contributed by atoms with van der Waals surface area (Å²) in [7, 11) is 0. The van der Waals surface area contributed by atoms with Crippen LogP contribution in [0.1, 0.15) is 22.8 Å². The molecule has 0 aromatic carbocycles. The van der Waals surface area contributed by atoms with Gasteiger partial charge >= 0.3 is 5.97 Å². The third-order valence-corrected chi connectivity index (χ3v) is 3.72. The summed E-state index contributed by atoms with van der Waals surface area (Å²) >= 11 is 3.20. The summed E-state index contributed by atoms with van der Waals surface area (Å²) in [6.07, 6.45) is -0.234. The molecule has 2 aromatic heterocycles.